The van der Waals surface area contributed by atoms with Crippen LogP contribution in [0.3, 0.4) is 0 Å². The first-order valence-electron chi connectivity index (χ1n) is 5.15. The predicted molar refractivity (Wildman–Crippen MR) is 56.9 cm³/mol. The Labute approximate surface area is 100 Å². The third kappa shape index (κ3) is 1.95. The maximum Gasteiger partial charge on any atom is 0.414 e. The lowest BCUT2D eigenvalue weighted by atomic mass is 10.2. The molecular weight excluding hydrogens is 242 g/mol. The van der Waals surface area contributed by atoms with Crippen LogP contribution in [0.4, 0.5) is 10.6 Å². The van der Waals surface area contributed by atoms with Gasteiger partial charge in [0.2, 0.25) is 0 Å². The average Bonchev–Trinajstić information content (AvgIpc) is 2.97. The Hall–Kier alpha value is -2.65. The second-order valence-electron chi connectivity index (χ2n) is 3.41. The molecule has 10 nitrogen and oxygen atoms in total. The van der Waals surface area contributed by atoms with Crippen molar-refractivity contribution in [3.8, 4) is 0 Å². The summed E-state index contributed by atoms with van der Waals surface area (Å²) >= 11 is 0. The van der Waals surface area contributed by atoms with Gasteiger partial charge < -0.3 is 10.1 Å². The van der Waals surface area contributed by atoms with Crippen LogP contribution in [0.1, 0.15) is 19.0 Å². The lowest BCUT2D eigenvalue weighted by molar-refractivity contribution is -0.390. The summed E-state index contributed by atoms with van der Waals surface area (Å²) in [6, 6.07) is -0.656. The van der Waals surface area contributed by atoms with E-state index in [0.29, 0.717) is 12.8 Å². The zero-order chi connectivity index (χ0) is 13.1. The summed E-state index contributed by atoms with van der Waals surface area (Å²) in [4.78, 5) is 22.0. The normalized spacial score (nSPS) is 10.5. The van der Waals surface area contributed by atoms with Gasteiger partial charge in [0.1, 0.15) is 5.10 Å². The standard InChI is InChI=1S/C8H9N7O3/c1-2-3-6-7(15(17)18)10-12-14(6)8(16)13-5-4-9-11-13/h4-5H,2-3H2,1H3. The van der Waals surface area contributed by atoms with Crippen molar-refractivity contribution < 1.29 is 9.72 Å². The monoisotopic (exact) mass is 251 g/mol. The minimum atomic E-state index is -0.664. The highest BCUT2D eigenvalue weighted by Crippen LogP contribution is 2.16. The van der Waals surface area contributed by atoms with Gasteiger partial charge in [-0.3, -0.25) is 0 Å². The summed E-state index contributed by atoms with van der Waals surface area (Å²) in [5.41, 5.74) is 0.156. The van der Waals surface area contributed by atoms with Gasteiger partial charge in [0.15, 0.2) is 5.69 Å². The quantitative estimate of drug-likeness (QED) is 0.565. The molecule has 2 heterocycles. The van der Waals surface area contributed by atoms with Crippen molar-refractivity contribution in [3.05, 3.63) is 28.2 Å². The van der Waals surface area contributed by atoms with Gasteiger partial charge in [0, 0.05) is 0 Å². The Morgan fingerprint density at radius 1 is 1.50 bits per heavy atom. The molecule has 0 aliphatic rings. The molecule has 94 valence electrons. The van der Waals surface area contributed by atoms with E-state index < -0.39 is 16.8 Å². The smallest absolute Gasteiger partial charge is 0.358 e. The number of carbonyl (C=O) groups excluding carboxylic acids is 1. The molecule has 0 saturated heterocycles. The van der Waals surface area contributed by atoms with Gasteiger partial charge in [-0.2, -0.15) is 4.68 Å². The first-order valence-corrected chi connectivity index (χ1v) is 5.15. The SMILES string of the molecule is CCCc1c([N+](=O)[O-])nnn1C(=O)n1ccnn1. The molecule has 0 saturated carbocycles. The van der Waals surface area contributed by atoms with Crippen molar-refractivity contribution in [2.45, 2.75) is 19.8 Å². The second kappa shape index (κ2) is 4.69. The van der Waals surface area contributed by atoms with Crippen molar-refractivity contribution >= 4 is 11.8 Å². The summed E-state index contributed by atoms with van der Waals surface area (Å²) in [6.07, 6.45) is 3.59. The van der Waals surface area contributed by atoms with Gasteiger partial charge in [-0.1, -0.05) is 18.6 Å². The summed E-state index contributed by atoms with van der Waals surface area (Å²) < 4.78 is 1.80. The Morgan fingerprint density at radius 3 is 2.83 bits per heavy atom. The van der Waals surface area contributed by atoms with Crippen LogP contribution < -0.4 is 0 Å². The van der Waals surface area contributed by atoms with Crippen LogP contribution in [-0.2, 0) is 6.42 Å². The minimum Gasteiger partial charge on any atom is -0.358 e. The maximum absolute atomic E-state index is 11.9. The van der Waals surface area contributed by atoms with Gasteiger partial charge in [-0.25, -0.2) is 4.79 Å². The Bertz CT molecular complexity index is 574. The van der Waals surface area contributed by atoms with E-state index in [0.717, 1.165) is 9.36 Å². The number of nitrogens with zero attached hydrogens (tertiary/aromatic N) is 7. The highest BCUT2D eigenvalue weighted by molar-refractivity contribution is 5.78. The van der Waals surface area contributed by atoms with Crippen LogP contribution in [0.25, 0.3) is 0 Å². The van der Waals surface area contributed by atoms with Gasteiger partial charge in [0.25, 0.3) is 0 Å². The molecule has 0 radical (unpaired) electrons. The molecule has 0 aliphatic heterocycles. The van der Waals surface area contributed by atoms with Crippen LogP contribution >= 0.6 is 0 Å². The Morgan fingerprint density at radius 2 is 2.28 bits per heavy atom. The van der Waals surface area contributed by atoms with Gasteiger partial charge in [-0.05, 0) is 11.3 Å². The molecule has 2 rings (SSSR count). The van der Waals surface area contributed by atoms with E-state index in [1.807, 2.05) is 6.92 Å². The molecule has 0 atom stereocenters. The molecular formula is C8H9N7O3. The molecule has 18 heavy (non-hydrogen) atoms. The van der Waals surface area contributed by atoms with Crippen LogP contribution in [0.5, 0.6) is 0 Å². The van der Waals surface area contributed by atoms with Crippen molar-refractivity contribution in [2.24, 2.45) is 0 Å². The highest BCUT2D eigenvalue weighted by Gasteiger charge is 2.27. The predicted octanol–water partition coefficient (Wildman–Crippen LogP) is 0.247. The van der Waals surface area contributed by atoms with E-state index in [1.54, 1.807) is 0 Å². The molecule has 0 fully saturated rings. The molecule has 0 unspecified atom stereocenters. The van der Waals surface area contributed by atoms with E-state index in [-0.39, 0.29) is 5.69 Å². The third-order valence-electron chi connectivity index (χ3n) is 2.20. The molecule has 0 amide bonds. The average molecular weight is 251 g/mol. The fraction of sp³-hybridized carbons (Fsp3) is 0.375. The molecule has 0 bridgehead atoms. The van der Waals surface area contributed by atoms with Gasteiger partial charge in [0.05, 0.1) is 17.6 Å². The fourth-order valence-electron chi connectivity index (χ4n) is 1.45. The molecule has 0 N–H and O–H groups in total. The third-order valence-corrected chi connectivity index (χ3v) is 2.20. The zero-order valence-electron chi connectivity index (χ0n) is 9.42. The molecule has 0 aromatic carbocycles. The van der Waals surface area contributed by atoms with E-state index in [4.69, 9.17) is 0 Å². The van der Waals surface area contributed by atoms with Crippen LogP contribution in [0.2, 0.25) is 0 Å². The van der Waals surface area contributed by atoms with E-state index in [9.17, 15) is 14.9 Å². The zero-order valence-corrected chi connectivity index (χ0v) is 9.42. The van der Waals surface area contributed by atoms with Gasteiger partial charge in [-0.15, -0.1) is 9.78 Å². The van der Waals surface area contributed by atoms with E-state index in [2.05, 4.69) is 20.6 Å². The van der Waals surface area contributed by atoms with Gasteiger partial charge >= 0.3 is 11.8 Å². The number of rotatable bonds is 3. The molecule has 0 aliphatic carbocycles. The summed E-state index contributed by atoms with van der Waals surface area (Å²) in [6.45, 7) is 1.83. The number of carbonyl (C=O) groups is 1. The fourth-order valence-corrected chi connectivity index (χ4v) is 1.45. The maximum atomic E-state index is 11.9. The Balaban J connectivity index is 2.44. The van der Waals surface area contributed by atoms with Crippen LogP contribution in [0, 0.1) is 10.1 Å². The lowest BCUT2D eigenvalue weighted by Crippen LogP contribution is -2.23. The Kier molecular flexibility index (Phi) is 3.08. The van der Waals surface area contributed by atoms with Crippen molar-refractivity contribution in [1.29, 1.82) is 0 Å². The molecule has 2 aromatic rings. The molecule has 0 spiro atoms. The minimum absolute atomic E-state index is 0.156. The first kappa shape index (κ1) is 11.8. The van der Waals surface area contributed by atoms with Crippen molar-refractivity contribution in [3.63, 3.8) is 0 Å². The number of hydrogen-bond acceptors (Lipinski definition) is 7. The number of nitro groups is 1. The highest BCUT2D eigenvalue weighted by atomic mass is 16.6. The van der Waals surface area contributed by atoms with E-state index >= 15 is 0 Å². The van der Waals surface area contributed by atoms with Crippen LogP contribution in [-0.4, -0.2) is 40.9 Å². The van der Waals surface area contributed by atoms with Crippen molar-refractivity contribution in [2.75, 3.05) is 0 Å². The largest absolute Gasteiger partial charge is 0.414 e. The number of aromatic nitrogens is 6. The summed E-state index contributed by atoms with van der Waals surface area (Å²) in [5.74, 6) is -0.412. The van der Waals surface area contributed by atoms with Crippen LogP contribution in [0.15, 0.2) is 12.4 Å². The second-order valence-corrected chi connectivity index (χ2v) is 3.41. The lowest BCUT2D eigenvalue weighted by Gasteiger charge is -2.01. The molecule has 10 heteroatoms. The van der Waals surface area contributed by atoms with E-state index in [1.165, 1.54) is 12.4 Å². The first-order chi connectivity index (χ1) is 8.65. The number of hydrogen-bond donors (Lipinski definition) is 0. The topological polar surface area (TPSA) is 122 Å². The van der Waals surface area contributed by atoms with Crippen molar-refractivity contribution in [1.82, 2.24) is 30.0 Å². The summed E-state index contributed by atoms with van der Waals surface area (Å²) in [5, 5.41) is 24.6. The molecule has 2 aromatic heterocycles. The summed E-state index contributed by atoms with van der Waals surface area (Å²) in [7, 11) is 0.